The van der Waals surface area contributed by atoms with Crippen LogP contribution in [-0.4, -0.2) is 78.3 Å². The zero-order valence-corrected chi connectivity index (χ0v) is 32.3. The molecule has 0 aliphatic carbocycles. The zero-order chi connectivity index (χ0) is 41.9. The van der Waals surface area contributed by atoms with Crippen molar-refractivity contribution in [2.45, 2.75) is 50.0 Å². The van der Waals surface area contributed by atoms with E-state index in [9.17, 15) is 18.0 Å². The maximum absolute atomic E-state index is 11.9. The second kappa shape index (κ2) is 19.2. The van der Waals surface area contributed by atoms with E-state index in [2.05, 4.69) is 34.9 Å². The largest absolute Gasteiger partial charge is 0.493 e. The average Bonchev–Trinajstić information content (AvgIpc) is 3.79. The molecular formula is C34H42N12O10S. The number of anilines is 4. The number of methoxy groups -OCH3 is 3. The van der Waals surface area contributed by atoms with Crippen LogP contribution in [0.3, 0.4) is 0 Å². The minimum absolute atomic E-state index is 0.118. The number of nitrogens with zero attached hydrogens (tertiary/aromatic N) is 7. The fourth-order valence-corrected chi connectivity index (χ4v) is 6.31. The summed E-state index contributed by atoms with van der Waals surface area (Å²) in [6, 6.07) is 10.5. The van der Waals surface area contributed by atoms with Gasteiger partial charge in [0.05, 0.1) is 45.0 Å². The molecule has 1 fully saturated rings. The van der Waals surface area contributed by atoms with Gasteiger partial charge in [0.15, 0.2) is 17.3 Å². The summed E-state index contributed by atoms with van der Waals surface area (Å²) in [5.74, 6) is 2.91. The maximum Gasteiger partial charge on any atom is 0.330 e. The van der Waals surface area contributed by atoms with Gasteiger partial charge < -0.3 is 45.8 Å². The molecule has 9 N–H and O–H groups in total. The average molecular weight is 811 g/mol. The molecule has 2 aromatic carbocycles. The summed E-state index contributed by atoms with van der Waals surface area (Å²) in [6.45, 7) is 2.93. The molecule has 0 saturated carbocycles. The quantitative estimate of drug-likeness (QED) is 0.0483. The van der Waals surface area contributed by atoms with Crippen molar-refractivity contribution in [1.29, 1.82) is 0 Å². The Morgan fingerprint density at radius 3 is 2.28 bits per heavy atom. The van der Waals surface area contributed by atoms with Gasteiger partial charge in [0.1, 0.15) is 17.8 Å². The van der Waals surface area contributed by atoms with E-state index in [1.165, 1.54) is 41.1 Å². The Morgan fingerprint density at radius 1 is 1.07 bits per heavy atom. The minimum Gasteiger partial charge on any atom is -0.493 e. The van der Waals surface area contributed by atoms with Gasteiger partial charge in [-0.2, -0.15) is 4.98 Å². The van der Waals surface area contributed by atoms with Gasteiger partial charge in [-0.25, -0.2) is 18.2 Å². The highest BCUT2D eigenvalue weighted by Gasteiger charge is 2.35. The molecule has 0 spiro atoms. The molecule has 0 unspecified atom stereocenters. The summed E-state index contributed by atoms with van der Waals surface area (Å²) >= 11 is 0. The molecule has 3 atom stereocenters. The Kier molecular flexibility index (Phi) is 14.4. The van der Waals surface area contributed by atoms with Gasteiger partial charge in [-0.15, -0.1) is 0 Å². The van der Waals surface area contributed by atoms with Gasteiger partial charge in [0.25, 0.3) is 15.6 Å². The SMILES string of the molecule is COc1cc(Cc2cnc(N)nc2N)cc(OC)c1OC.Cc1cc(NS(=O)(=O)c2ccc(N)cc2)no1.Cc1cn([C@H]2C[C@H](N=[N+]=[N-])[C@@H](CO)O2)c(=O)[nH]c1=O. The van der Waals surface area contributed by atoms with Gasteiger partial charge in [-0.3, -0.25) is 19.1 Å². The first-order valence-corrected chi connectivity index (χ1v) is 18.2. The van der Waals surface area contributed by atoms with Crippen molar-refractivity contribution < 1.29 is 37.0 Å². The van der Waals surface area contributed by atoms with Crippen molar-refractivity contribution in [3.8, 4) is 17.2 Å². The molecule has 304 valence electrons. The molecule has 1 aliphatic rings. The van der Waals surface area contributed by atoms with Gasteiger partial charge in [0.2, 0.25) is 11.7 Å². The van der Waals surface area contributed by atoms with Gasteiger partial charge in [0, 0.05) is 53.0 Å². The number of hydrogen-bond donors (Lipinski definition) is 6. The van der Waals surface area contributed by atoms with Crippen LogP contribution in [0, 0.1) is 13.8 Å². The number of rotatable bonds is 11. The third-order valence-electron chi connectivity index (χ3n) is 8.13. The van der Waals surface area contributed by atoms with Crippen molar-refractivity contribution >= 4 is 33.3 Å². The molecule has 1 saturated heterocycles. The van der Waals surface area contributed by atoms with Crippen LogP contribution in [0.15, 0.2) is 79.0 Å². The molecule has 0 bridgehead atoms. The summed E-state index contributed by atoms with van der Waals surface area (Å²) in [5, 5.41) is 16.2. The van der Waals surface area contributed by atoms with Crippen LogP contribution in [0.25, 0.3) is 10.4 Å². The van der Waals surface area contributed by atoms with Crippen LogP contribution in [0.4, 0.5) is 23.3 Å². The second-order valence-electron chi connectivity index (χ2n) is 12.1. The van der Waals surface area contributed by atoms with Crippen LogP contribution in [0.2, 0.25) is 0 Å². The second-order valence-corrected chi connectivity index (χ2v) is 13.8. The predicted molar refractivity (Wildman–Crippen MR) is 207 cm³/mol. The molecule has 0 amide bonds. The summed E-state index contributed by atoms with van der Waals surface area (Å²) in [5.41, 5.74) is 26.8. The number of aryl methyl sites for hydroxylation is 2. The minimum atomic E-state index is -3.64. The van der Waals surface area contributed by atoms with E-state index in [1.54, 1.807) is 41.4 Å². The van der Waals surface area contributed by atoms with E-state index in [4.69, 9.17) is 51.3 Å². The predicted octanol–water partition coefficient (Wildman–Crippen LogP) is 2.43. The molecule has 6 rings (SSSR count). The molecule has 4 heterocycles. The van der Waals surface area contributed by atoms with Crippen molar-refractivity contribution in [1.82, 2.24) is 24.7 Å². The smallest absolute Gasteiger partial charge is 0.330 e. The lowest BCUT2D eigenvalue weighted by Crippen LogP contribution is -2.33. The number of ether oxygens (including phenoxy) is 4. The van der Waals surface area contributed by atoms with Crippen molar-refractivity contribution in [2.24, 2.45) is 5.11 Å². The van der Waals surface area contributed by atoms with E-state index in [0.29, 0.717) is 46.5 Å². The summed E-state index contributed by atoms with van der Waals surface area (Å²) < 4.78 is 53.5. The number of aromatic amines is 1. The zero-order valence-electron chi connectivity index (χ0n) is 31.4. The molecule has 23 heteroatoms. The monoisotopic (exact) mass is 810 g/mol. The number of azide groups is 1. The number of nitrogens with two attached hydrogens (primary N) is 3. The highest BCUT2D eigenvalue weighted by Crippen LogP contribution is 2.39. The Labute approximate surface area is 325 Å². The first-order valence-electron chi connectivity index (χ1n) is 16.7. The van der Waals surface area contributed by atoms with Gasteiger partial charge in [-0.1, -0.05) is 10.3 Å². The maximum atomic E-state index is 11.9. The number of sulfonamides is 1. The fraction of sp³-hybridized carbons (Fsp3) is 0.324. The molecule has 0 radical (unpaired) electrons. The summed E-state index contributed by atoms with van der Waals surface area (Å²) in [4.78, 5) is 35.9. The first-order chi connectivity index (χ1) is 27.1. The summed E-state index contributed by atoms with van der Waals surface area (Å²) in [6.07, 6.45) is 2.47. The molecule has 5 aromatic rings. The topological polar surface area (TPSA) is 337 Å². The number of benzene rings is 2. The number of H-pyrrole nitrogens is 1. The number of aliphatic hydroxyl groups is 1. The molecule has 3 aromatic heterocycles. The van der Waals surface area contributed by atoms with Crippen LogP contribution in [0.5, 0.6) is 17.2 Å². The van der Waals surface area contributed by atoms with E-state index < -0.39 is 39.6 Å². The van der Waals surface area contributed by atoms with E-state index in [-0.39, 0.29) is 29.7 Å². The summed E-state index contributed by atoms with van der Waals surface area (Å²) in [7, 11) is 1.06. The normalized spacial score (nSPS) is 15.9. The van der Waals surface area contributed by atoms with Gasteiger partial charge >= 0.3 is 5.69 Å². The third-order valence-corrected chi connectivity index (χ3v) is 9.50. The van der Waals surface area contributed by atoms with E-state index in [0.717, 1.165) is 11.1 Å². The standard InChI is InChI=1S/C14H18N4O3.C10H13N5O4.C10H11N3O3S/c1-19-10-5-8(6-11(20-2)12(10)21-3)4-9-7-17-14(16)18-13(9)15;1-5-3-15(10(18)12-9(5)17)8-2-6(13-14-11)7(4-16)19-8;1-7-6-10(12-16-7)13-17(14,15)9-4-2-8(11)3-5-9/h5-7H,4H2,1-3H3,(H4,15,16,17,18);3,6-8,16H,2,4H2,1H3,(H,12,17,18);2-6H,11H2,1H3,(H,12,13)/t;6-,7+,8+;/m.0./s1. The lowest BCUT2D eigenvalue weighted by Gasteiger charge is -2.14. The van der Waals surface area contributed by atoms with Crippen LogP contribution < -0.4 is 47.4 Å². The van der Waals surface area contributed by atoms with Gasteiger partial charge in [-0.05, 0) is 61.3 Å². The number of nitrogen functional groups attached to an aromatic ring is 3. The molecular weight excluding hydrogens is 769 g/mol. The molecule has 22 nitrogen and oxygen atoms in total. The van der Waals surface area contributed by atoms with Crippen LogP contribution in [-0.2, 0) is 21.2 Å². The van der Waals surface area contributed by atoms with Crippen molar-refractivity contribution in [3.05, 3.63) is 109 Å². The Morgan fingerprint density at radius 2 is 1.74 bits per heavy atom. The fourth-order valence-electron chi connectivity index (χ4n) is 5.32. The van der Waals surface area contributed by atoms with Crippen LogP contribution in [0.1, 0.15) is 35.1 Å². The highest BCUT2D eigenvalue weighted by molar-refractivity contribution is 7.92. The Balaban J connectivity index is 0.000000190. The van der Waals surface area contributed by atoms with E-state index in [1.807, 2.05) is 12.1 Å². The van der Waals surface area contributed by atoms with Crippen molar-refractivity contribution in [2.75, 3.05) is 49.9 Å². The third kappa shape index (κ3) is 11.1. The number of nitrogens with one attached hydrogen (secondary N) is 2. The van der Waals surface area contributed by atoms with Crippen molar-refractivity contribution in [3.63, 3.8) is 0 Å². The Bertz CT molecular complexity index is 2410. The number of aromatic nitrogens is 5. The Hall–Kier alpha value is -6.81. The number of hydrogen-bond acceptors (Lipinski definition) is 17. The molecule has 1 aliphatic heterocycles. The highest BCUT2D eigenvalue weighted by atomic mass is 32.2. The lowest BCUT2D eigenvalue weighted by molar-refractivity contribution is -0.0271. The first kappa shape index (κ1) is 42.9. The lowest BCUT2D eigenvalue weighted by atomic mass is 10.1. The van der Waals surface area contributed by atoms with E-state index >= 15 is 0 Å². The number of aliphatic hydroxyl groups excluding tert-OH is 1. The van der Waals surface area contributed by atoms with Crippen LogP contribution >= 0.6 is 0 Å². The molecule has 57 heavy (non-hydrogen) atoms.